The highest BCUT2D eigenvalue weighted by Gasteiger charge is 2.06. The number of anilines is 1. The molecule has 2 N–H and O–H groups in total. The number of pyridine rings is 1. The molecule has 0 aliphatic carbocycles. The van der Waals surface area contributed by atoms with E-state index in [9.17, 15) is 4.79 Å². The van der Waals surface area contributed by atoms with Gasteiger partial charge in [-0.15, -0.1) is 0 Å². The molecule has 0 saturated carbocycles. The van der Waals surface area contributed by atoms with Crippen molar-refractivity contribution in [2.45, 2.75) is 6.42 Å². The Hall–Kier alpha value is -2.40. The van der Waals surface area contributed by atoms with Crippen LogP contribution in [0, 0.1) is 0 Å². The van der Waals surface area contributed by atoms with Crippen LogP contribution in [0.1, 0.15) is 16.1 Å². The van der Waals surface area contributed by atoms with Crippen LogP contribution in [0.5, 0.6) is 0 Å². The first kappa shape index (κ1) is 16.0. The Morgan fingerprint density at radius 2 is 1.95 bits per heavy atom. The van der Waals surface area contributed by atoms with Crippen molar-refractivity contribution in [3.05, 3.63) is 59.9 Å². The molecule has 0 bridgehead atoms. The zero-order valence-electron chi connectivity index (χ0n) is 12.7. The second kappa shape index (κ2) is 8.79. The summed E-state index contributed by atoms with van der Waals surface area (Å²) in [6, 6.07) is 13.6. The predicted octanol–water partition coefficient (Wildman–Crippen LogP) is 2.11. The highest BCUT2D eigenvalue weighted by atomic mass is 16.5. The van der Waals surface area contributed by atoms with E-state index in [-0.39, 0.29) is 5.91 Å². The van der Waals surface area contributed by atoms with Gasteiger partial charge in [-0.3, -0.25) is 4.79 Å². The van der Waals surface area contributed by atoms with Gasteiger partial charge in [0.25, 0.3) is 5.91 Å². The lowest BCUT2D eigenvalue weighted by atomic mass is 10.1. The molecule has 2 rings (SSSR count). The second-order valence-corrected chi connectivity index (χ2v) is 4.84. The van der Waals surface area contributed by atoms with Crippen molar-refractivity contribution >= 4 is 11.6 Å². The Balaban J connectivity index is 1.77. The van der Waals surface area contributed by atoms with Crippen LogP contribution in [0.25, 0.3) is 0 Å². The third-order valence-electron chi connectivity index (χ3n) is 3.17. The number of nitrogens with one attached hydrogen (secondary N) is 2. The number of hydrogen-bond acceptors (Lipinski definition) is 4. The Labute approximate surface area is 130 Å². The fourth-order valence-electron chi connectivity index (χ4n) is 1.99. The van der Waals surface area contributed by atoms with Gasteiger partial charge in [0.15, 0.2) is 0 Å². The SMILES string of the molecule is COCCNc1ccc(C(=O)NCCc2ccccc2)nc1. The normalized spacial score (nSPS) is 10.2. The molecule has 1 aromatic carbocycles. The maximum atomic E-state index is 12.0. The van der Waals surface area contributed by atoms with Gasteiger partial charge in [0, 0.05) is 20.2 Å². The maximum Gasteiger partial charge on any atom is 0.269 e. The molecule has 0 saturated heterocycles. The molecule has 1 heterocycles. The highest BCUT2D eigenvalue weighted by Crippen LogP contribution is 2.06. The average molecular weight is 299 g/mol. The Bertz CT molecular complexity index is 570. The van der Waals surface area contributed by atoms with Crippen LogP contribution in [-0.2, 0) is 11.2 Å². The van der Waals surface area contributed by atoms with Crippen LogP contribution in [0.4, 0.5) is 5.69 Å². The summed E-state index contributed by atoms with van der Waals surface area (Å²) in [5.41, 5.74) is 2.50. The summed E-state index contributed by atoms with van der Waals surface area (Å²) in [7, 11) is 1.66. The number of ether oxygens (including phenoxy) is 1. The zero-order valence-corrected chi connectivity index (χ0v) is 12.7. The molecule has 0 unspecified atom stereocenters. The van der Waals surface area contributed by atoms with Crippen LogP contribution in [0.3, 0.4) is 0 Å². The van der Waals surface area contributed by atoms with E-state index in [1.807, 2.05) is 36.4 Å². The van der Waals surface area contributed by atoms with Crippen molar-refractivity contribution in [2.24, 2.45) is 0 Å². The highest BCUT2D eigenvalue weighted by molar-refractivity contribution is 5.92. The molecule has 1 aromatic heterocycles. The van der Waals surface area contributed by atoms with Gasteiger partial charge in [-0.1, -0.05) is 30.3 Å². The van der Waals surface area contributed by atoms with Crippen LogP contribution in [0.15, 0.2) is 48.7 Å². The summed E-state index contributed by atoms with van der Waals surface area (Å²) in [6.07, 6.45) is 2.46. The third-order valence-corrected chi connectivity index (χ3v) is 3.17. The van der Waals surface area contributed by atoms with Crippen LogP contribution < -0.4 is 10.6 Å². The van der Waals surface area contributed by atoms with E-state index in [0.717, 1.165) is 12.1 Å². The molecule has 5 nitrogen and oxygen atoms in total. The summed E-state index contributed by atoms with van der Waals surface area (Å²) in [6.45, 7) is 1.93. The third kappa shape index (κ3) is 5.18. The number of methoxy groups -OCH3 is 1. The van der Waals surface area contributed by atoms with Crippen LogP contribution in [-0.4, -0.2) is 37.7 Å². The molecule has 0 radical (unpaired) electrons. The fraction of sp³-hybridized carbons (Fsp3) is 0.294. The largest absolute Gasteiger partial charge is 0.383 e. The average Bonchev–Trinajstić information content (AvgIpc) is 2.56. The Morgan fingerprint density at radius 1 is 1.14 bits per heavy atom. The minimum atomic E-state index is -0.153. The summed E-state index contributed by atoms with van der Waals surface area (Å²) in [5.74, 6) is -0.153. The first-order valence-corrected chi connectivity index (χ1v) is 7.30. The number of amides is 1. The van der Waals surface area contributed by atoms with E-state index in [1.54, 1.807) is 19.4 Å². The topological polar surface area (TPSA) is 63.2 Å². The van der Waals surface area contributed by atoms with Gasteiger partial charge in [0.2, 0.25) is 0 Å². The van der Waals surface area contributed by atoms with Crippen molar-refractivity contribution in [3.63, 3.8) is 0 Å². The number of hydrogen-bond donors (Lipinski definition) is 2. The van der Waals surface area contributed by atoms with Gasteiger partial charge in [0.1, 0.15) is 5.69 Å². The molecule has 5 heteroatoms. The van der Waals surface area contributed by atoms with Crippen LogP contribution in [0.2, 0.25) is 0 Å². The molecule has 0 atom stereocenters. The van der Waals surface area contributed by atoms with Crippen molar-refractivity contribution in [1.82, 2.24) is 10.3 Å². The molecule has 0 fully saturated rings. The van der Waals surface area contributed by atoms with Gasteiger partial charge >= 0.3 is 0 Å². The first-order chi connectivity index (χ1) is 10.8. The molecular formula is C17H21N3O2. The fourth-order valence-corrected chi connectivity index (χ4v) is 1.99. The number of carbonyl (C=O) groups excluding carboxylic acids is 1. The van der Waals surface area contributed by atoms with E-state index in [2.05, 4.69) is 15.6 Å². The number of rotatable bonds is 8. The lowest BCUT2D eigenvalue weighted by Crippen LogP contribution is -2.26. The molecule has 1 amide bonds. The number of carbonyl (C=O) groups is 1. The van der Waals surface area contributed by atoms with E-state index in [0.29, 0.717) is 25.4 Å². The van der Waals surface area contributed by atoms with Crippen molar-refractivity contribution < 1.29 is 9.53 Å². The molecule has 0 spiro atoms. The van der Waals surface area contributed by atoms with Crippen molar-refractivity contribution in [1.29, 1.82) is 0 Å². The zero-order chi connectivity index (χ0) is 15.6. The molecule has 22 heavy (non-hydrogen) atoms. The van der Waals surface area contributed by atoms with Gasteiger partial charge < -0.3 is 15.4 Å². The maximum absolute atomic E-state index is 12.0. The molecule has 0 aliphatic heterocycles. The van der Waals surface area contributed by atoms with Gasteiger partial charge in [-0.2, -0.15) is 0 Å². The minimum absolute atomic E-state index is 0.153. The van der Waals surface area contributed by atoms with E-state index in [4.69, 9.17) is 4.74 Å². The molecule has 116 valence electrons. The summed E-state index contributed by atoms with van der Waals surface area (Å²) in [4.78, 5) is 16.2. The van der Waals surface area contributed by atoms with Gasteiger partial charge in [-0.25, -0.2) is 4.98 Å². The monoisotopic (exact) mass is 299 g/mol. The summed E-state index contributed by atoms with van der Waals surface area (Å²) in [5, 5.41) is 6.03. The number of aromatic nitrogens is 1. The molecule has 2 aromatic rings. The van der Waals surface area contributed by atoms with E-state index >= 15 is 0 Å². The Morgan fingerprint density at radius 3 is 2.64 bits per heavy atom. The quantitative estimate of drug-likeness (QED) is 0.733. The number of nitrogens with zero attached hydrogens (tertiary/aromatic N) is 1. The molecule has 0 aliphatic rings. The van der Waals surface area contributed by atoms with Gasteiger partial charge in [-0.05, 0) is 24.1 Å². The first-order valence-electron chi connectivity index (χ1n) is 7.30. The summed E-state index contributed by atoms with van der Waals surface area (Å²) < 4.78 is 4.96. The smallest absolute Gasteiger partial charge is 0.269 e. The van der Waals surface area contributed by atoms with Crippen molar-refractivity contribution in [3.8, 4) is 0 Å². The predicted molar refractivity (Wildman–Crippen MR) is 87.1 cm³/mol. The van der Waals surface area contributed by atoms with Gasteiger partial charge in [0.05, 0.1) is 18.5 Å². The van der Waals surface area contributed by atoms with Crippen LogP contribution >= 0.6 is 0 Å². The lowest BCUT2D eigenvalue weighted by molar-refractivity contribution is 0.0949. The number of benzene rings is 1. The van der Waals surface area contributed by atoms with E-state index < -0.39 is 0 Å². The van der Waals surface area contributed by atoms with E-state index in [1.165, 1.54) is 5.56 Å². The Kier molecular flexibility index (Phi) is 6.39. The lowest BCUT2D eigenvalue weighted by Gasteiger charge is -2.07. The minimum Gasteiger partial charge on any atom is -0.383 e. The van der Waals surface area contributed by atoms with Crippen molar-refractivity contribution in [2.75, 3.05) is 32.1 Å². The molecular weight excluding hydrogens is 278 g/mol. The second-order valence-electron chi connectivity index (χ2n) is 4.84. The standard InChI is InChI=1S/C17H21N3O2/c1-22-12-11-18-15-7-8-16(20-13-15)17(21)19-10-9-14-5-3-2-4-6-14/h2-8,13,18H,9-12H2,1H3,(H,19,21). The summed E-state index contributed by atoms with van der Waals surface area (Å²) >= 11 is 0.